The summed E-state index contributed by atoms with van der Waals surface area (Å²) in [4.78, 5) is 17.3. The number of piperazine rings is 1. The summed E-state index contributed by atoms with van der Waals surface area (Å²) < 4.78 is 19.0. The summed E-state index contributed by atoms with van der Waals surface area (Å²) in [6, 6.07) is 21.3. The smallest absolute Gasteiger partial charge is 0.350 e. The van der Waals surface area contributed by atoms with E-state index in [0.717, 1.165) is 67.7 Å². The van der Waals surface area contributed by atoms with E-state index in [1.54, 1.807) is 30.1 Å². The molecular formula is C36H45Cl2N9O4. The Morgan fingerprint density at radius 1 is 0.961 bits per heavy atom. The molecule has 2 aliphatic rings. The van der Waals surface area contributed by atoms with Gasteiger partial charge in [0.1, 0.15) is 18.1 Å². The number of nitrogens with zero attached hydrogens (tertiary/aromatic N) is 6. The molecule has 1 unspecified atom stereocenters. The van der Waals surface area contributed by atoms with Crippen LogP contribution in [0.3, 0.4) is 0 Å². The molecule has 0 saturated carbocycles. The average molecular weight is 739 g/mol. The minimum absolute atomic E-state index is 0.0780. The molecular weight excluding hydrogens is 693 g/mol. The highest BCUT2D eigenvalue weighted by Gasteiger charge is 2.21. The first kappa shape index (κ1) is 40.7. The van der Waals surface area contributed by atoms with Crippen molar-refractivity contribution < 1.29 is 14.2 Å². The van der Waals surface area contributed by atoms with Crippen LogP contribution in [0.25, 0.3) is 5.69 Å². The highest BCUT2D eigenvalue weighted by atomic mass is 35.5. The van der Waals surface area contributed by atoms with Crippen LogP contribution < -0.4 is 26.0 Å². The molecule has 6 rings (SSSR count). The second-order valence-electron chi connectivity index (χ2n) is 11.0. The maximum absolute atomic E-state index is 12.6. The molecule has 2 aliphatic heterocycles. The molecule has 1 aromatic heterocycles. The minimum atomic E-state index is -0.329. The lowest BCUT2D eigenvalue weighted by molar-refractivity contribution is -0.0440. The van der Waals surface area contributed by atoms with Crippen LogP contribution in [0.4, 0.5) is 11.4 Å². The van der Waals surface area contributed by atoms with Gasteiger partial charge in [-0.3, -0.25) is 0 Å². The zero-order valence-electron chi connectivity index (χ0n) is 29.3. The summed E-state index contributed by atoms with van der Waals surface area (Å²) >= 11 is 11.7. The molecule has 4 N–H and O–H groups in total. The second-order valence-corrected chi connectivity index (χ2v) is 11.9. The summed E-state index contributed by atoms with van der Waals surface area (Å²) in [7, 11) is 3.08. The van der Waals surface area contributed by atoms with Crippen molar-refractivity contribution in [2.24, 2.45) is 5.73 Å². The number of halogens is 2. The molecule has 0 amide bonds. The predicted octanol–water partition coefficient (Wildman–Crippen LogP) is 6.11. The summed E-state index contributed by atoms with van der Waals surface area (Å²) in [5.74, 6) is 0.601. The van der Waals surface area contributed by atoms with Gasteiger partial charge in [0.15, 0.2) is 6.29 Å². The third-order valence-corrected chi connectivity index (χ3v) is 8.63. The standard InChI is InChI=1S/C24H28N6O2.C9H8Cl2O2.C2H4N2.CH5N/c1-4-18(2)30-24(31)29(17-26-30)21-7-5-20(6-8-21)27-11-13-28(14-12-27)22-9-10-23(32-3)19(15-22)16-25;10-6-1-2-7(8(11)5-6)9-12-3-4-13-9;3-1-2-4;1-2/h5-10,15,17-18H,4,11-14H2,1-3H3;1-2,5,9H,3-4H2;1-4H;2H2,1H3. The number of hydrogen-bond acceptors (Lipinski definition) is 11. The Kier molecular flexibility index (Phi) is 16.6. The van der Waals surface area contributed by atoms with Crippen molar-refractivity contribution in [3.05, 3.63) is 98.6 Å². The minimum Gasteiger partial charge on any atom is -0.495 e. The number of methoxy groups -OCH3 is 1. The van der Waals surface area contributed by atoms with E-state index >= 15 is 0 Å². The number of rotatable bonds is 8. The molecule has 0 bridgehead atoms. The van der Waals surface area contributed by atoms with Crippen LogP contribution in [-0.4, -0.2) is 80.3 Å². The van der Waals surface area contributed by atoms with E-state index in [4.69, 9.17) is 48.2 Å². The third-order valence-electron chi connectivity index (χ3n) is 8.06. The van der Waals surface area contributed by atoms with Gasteiger partial charge in [0.2, 0.25) is 0 Å². The molecule has 2 fully saturated rings. The van der Waals surface area contributed by atoms with Crippen LogP contribution in [0, 0.1) is 22.1 Å². The molecule has 3 aromatic carbocycles. The van der Waals surface area contributed by atoms with Crippen molar-refractivity contribution in [1.82, 2.24) is 14.3 Å². The number of hydrogen-bond donors (Lipinski definition) is 3. The van der Waals surface area contributed by atoms with E-state index in [-0.39, 0.29) is 18.0 Å². The van der Waals surface area contributed by atoms with Gasteiger partial charge in [0.05, 0.1) is 42.6 Å². The zero-order valence-corrected chi connectivity index (χ0v) is 30.8. The van der Waals surface area contributed by atoms with Gasteiger partial charge in [-0.05, 0) is 75.0 Å². The van der Waals surface area contributed by atoms with Gasteiger partial charge >= 0.3 is 5.69 Å². The monoisotopic (exact) mass is 737 g/mol. The summed E-state index contributed by atoms with van der Waals surface area (Å²) in [6.07, 6.45) is 3.95. The van der Waals surface area contributed by atoms with E-state index in [1.165, 1.54) is 11.7 Å². The molecule has 15 heteroatoms. The number of nitrogens with two attached hydrogens (primary N) is 1. The van der Waals surface area contributed by atoms with E-state index in [0.29, 0.717) is 34.6 Å². The molecule has 0 spiro atoms. The Morgan fingerprint density at radius 2 is 1.53 bits per heavy atom. The van der Waals surface area contributed by atoms with E-state index < -0.39 is 0 Å². The quantitative estimate of drug-likeness (QED) is 0.180. The topological polar surface area (TPSA) is 172 Å². The Balaban J connectivity index is 0.000000304. The van der Waals surface area contributed by atoms with Crippen molar-refractivity contribution >= 4 is 47.0 Å². The number of anilines is 2. The first-order chi connectivity index (χ1) is 24.7. The van der Waals surface area contributed by atoms with Gasteiger partial charge in [-0.15, -0.1) is 0 Å². The SMILES string of the molecule is CCC(C)n1ncn(-c2ccc(N3CCN(c4ccc(OC)c(C#N)c4)CC3)cc2)c1=O.CN.Clc1ccc(C2OCCO2)c(Cl)c1.N=CC=N. The molecule has 1 atom stereocenters. The Morgan fingerprint density at radius 3 is 2.06 bits per heavy atom. The number of benzene rings is 3. The lowest BCUT2D eigenvalue weighted by Crippen LogP contribution is -2.46. The second kappa shape index (κ2) is 20.8. The Labute approximate surface area is 308 Å². The first-order valence-corrected chi connectivity index (χ1v) is 17.1. The maximum Gasteiger partial charge on any atom is 0.350 e. The first-order valence-electron chi connectivity index (χ1n) is 16.3. The molecule has 272 valence electrons. The van der Waals surface area contributed by atoms with Crippen LogP contribution >= 0.6 is 23.2 Å². The zero-order chi connectivity index (χ0) is 37.3. The highest BCUT2D eigenvalue weighted by Crippen LogP contribution is 2.31. The van der Waals surface area contributed by atoms with Gasteiger partial charge in [0.25, 0.3) is 0 Å². The number of nitrogens with one attached hydrogen (secondary N) is 2. The van der Waals surface area contributed by atoms with Crippen molar-refractivity contribution in [2.45, 2.75) is 32.6 Å². The van der Waals surface area contributed by atoms with Crippen molar-refractivity contribution in [1.29, 1.82) is 16.1 Å². The van der Waals surface area contributed by atoms with E-state index in [2.05, 4.69) is 38.8 Å². The molecule has 3 heterocycles. The fourth-order valence-electron chi connectivity index (χ4n) is 5.23. The van der Waals surface area contributed by atoms with E-state index in [9.17, 15) is 10.1 Å². The fraction of sp³-hybridized carbons (Fsp3) is 0.361. The largest absolute Gasteiger partial charge is 0.495 e. The van der Waals surface area contributed by atoms with Crippen molar-refractivity contribution in [3.63, 3.8) is 0 Å². The Bertz CT molecular complexity index is 1790. The fourth-order valence-corrected chi connectivity index (χ4v) is 5.72. The molecule has 0 radical (unpaired) electrons. The van der Waals surface area contributed by atoms with Gasteiger partial charge < -0.3 is 40.6 Å². The third kappa shape index (κ3) is 10.9. The van der Waals surface area contributed by atoms with Crippen molar-refractivity contribution in [2.75, 3.05) is 63.4 Å². The Hall–Kier alpha value is -4.71. The van der Waals surface area contributed by atoms with Crippen LogP contribution in [0.15, 0.2) is 71.8 Å². The summed E-state index contributed by atoms with van der Waals surface area (Å²) in [6.45, 7) is 8.74. The van der Waals surface area contributed by atoms with Gasteiger partial charge in [-0.2, -0.15) is 10.4 Å². The van der Waals surface area contributed by atoms with E-state index in [1.807, 2.05) is 50.2 Å². The summed E-state index contributed by atoms with van der Waals surface area (Å²) in [5, 5.41) is 27.0. The number of aromatic nitrogens is 3. The normalized spacial score (nSPS) is 14.4. The van der Waals surface area contributed by atoms with Crippen molar-refractivity contribution in [3.8, 4) is 17.5 Å². The van der Waals surface area contributed by atoms with Crippen LogP contribution in [0.1, 0.15) is 43.7 Å². The van der Waals surface area contributed by atoms with Gasteiger partial charge in [-0.1, -0.05) is 36.2 Å². The molecule has 4 aromatic rings. The van der Waals surface area contributed by atoms with Crippen LogP contribution in [0.5, 0.6) is 5.75 Å². The molecule has 0 aliphatic carbocycles. The summed E-state index contributed by atoms with van der Waals surface area (Å²) in [5.41, 5.74) is 8.75. The van der Waals surface area contributed by atoms with Gasteiger partial charge in [-0.25, -0.2) is 14.0 Å². The lowest BCUT2D eigenvalue weighted by atomic mass is 10.1. The predicted molar refractivity (Wildman–Crippen MR) is 204 cm³/mol. The molecule has 2 saturated heterocycles. The van der Waals surface area contributed by atoms with Gasteiger partial charge in [0, 0.05) is 60.6 Å². The maximum atomic E-state index is 12.6. The lowest BCUT2D eigenvalue weighted by Gasteiger charge is -2.37. The average Bonchev–Trinajstić information content (AvgIpc) is 3.86. The van der Waals surface area contributed by atoms with Crippen LogP contribution in [0.2, 0.25) is 10.0 Å². The van der Waals surface area contributed by atoms with Crippen LogP contribution in [-0.2, 0) is 9.47 Å². The number of nitriles is 1. The molecule has 51 heavy (non-hydrogen) atoms. The number of ether oxygens (including phenoxy) is 3. The highest BCUT2D eigenvalue weighted by molar-refractivity contribution is 6.35. The molecule has 13 nitrogen and oxygen atoms in total.